The lowest BCUT2D eigenvalue weighted by Crippen LogP contribution is -1.86. The van der Waals surface area contributed by atoms with Gasteiger partial charge in [0.05, 0.1) is 12.8 Å². The van der Waals surface area contributed by atoms with E-state index in [2.05, 4.69) is 11.1 Å². The second kappa shape index (κ2) is 4.11. The molecular formula is C15H14N2O. The van der Waals surface area contributed by atoms with Crippen molar-refractivity contribution in [3.63, 3.8) is 0 Å². The number of methoxy groups -OCH3 is 1. The van der Waals surface area contributed by atoms with E-state index in [0.29, 0.717) is 0 Å². The molecule has 1 aromatic heterocycles. The third kappa shape index (κ3) is 1.61. The van der Waals surface area contributed by atoms with Crippen molar-refractivity contribution >= 4 is 16.6 Å². The summed E-state index contributed by atoms with van der Waals surface area (Å²) in [5.74, 6) is 0.850. The van der Waals surface area contributed by atoms with Crippen LogP contribution in [0.1, 0.15) is 0 Å². The van der Waals surface area contributed by atoms with Crippen LogP contribution in [-0.2, 0) is 0 Å². The zero-order valence-corrected chi connectivity index (χ0v) is 10.1. The van der Waals surface area contributed by atoms with Crippen LogP contribution in [0.3, 0.4) is 0 Å². The second-order valence-corrected chi connectivity index (χ2v) is 4.19. The van der Waals surface area contributed by atoms with Gasteiger partial charge in [-0.2, -0.15) is 0 Å². The Morgan fingerprint density at radius 2 is 1.89 bits per heavy atom. The highest BCUT2D eigenvalue weighted by molar-refractivity contribution is 5.95. The normalized spacial score (nSPS) is 10.7. The molecular weight excluding hydrogens is 224 g/mol. The molecule has 0 saturated carbocycles. The molecule has 18 heavy (non-hydrogen) atoms. The highest BCUT2D eigenvalue weighted by Gasteiger charge is 2.09. The van der Waals surface area contributed by atoms with Gasteiger partial charge < -0.3 is 15.5 Å². The molecule has 0 atom stereocenters. The van der Waals surface area contributed by atoms with Gasteiger partial charge in [0.1, 0.15) is 5.75 Å². The van der Waals surface area contributed by atoms with Crippen molar-refractivity contribution in [1.82, 2.24) is 4.98 Å². The van der Waals surface area contributed by atoms with E-state index in [1.807, 2.05) is 42.5 Å². The van der Waals surface area contributed by atoms with Crippen LogP contribution in [0.25, 0.3) is 22.2 Å². The molecule has 3 N–H and O–H groups in total. The molecule has 0 aliphatic rings. The summed E-state index contributed by atoms with van der Waals surface area (Å²) < 4.78 is 5.37. The smallest absolute Gasteiger partial charge is 0.128 e. The summed E-state index contributed by atoms with van der Waals surface area (Å²) in [6.07, 6.45) is 0. The highest BCUT2D eigenvalue weighted by atomic mass is 16.5. The lowest BCUT2D eigenvalue weighted by Gasteiger charge is -2.05. The Kier molecular flexibility index (Phi) is 2.45. The molecule has 0 bridgehead atoms. The van der Waals surface area contributed by atoms with Gasteiger partial charge in [-0.1, -0.05) is 18.2 Å². The summed E-state index contributed by atoms with van der Waals surface area (Å²) in [7, 11) is 1.68. The number of fused-ring (bicyclic) bond motifs is 1. The first-order chi connectivity index (χ1) is 8.79. The van der Waals surface area contributed by atoms with Crippen LogP contribution in [0.4, 0.5) is 5.69 Å². The molecule has 2 aromatic carbocycles. The zero-order valence-electron chi connectivity index (χ0n) is 10.1. The van der Waals surface area contributed by atoms with Gasteiger partial charge in [0.2, 0.25) is 0 Å². The summed E-state index contributed by atoms with van der Waals surface area (Å²) in [5, 5.41) is 1.04. The number of anilines is 1. The molecule has 0 aliphatic heterocycles. The van der Waals surface area contributed by atoms with Crippen LogP contribution in [0.15, 0.2) is 48.5 Å². The van der Waals surface area contributed by atoms with Crippen LogP contribution in [0.5, 0.6) is 5.75 Å². The Morgan fingerprint density at radius 1 is 1.06 bits per heavy atom. The molecule has 0 fully saturated rings. The minimum absolute atomic E-state index is 0.782. The van der Waals surface area contributed by atoms with E-state index in [0.717, 1.165) is 33.6 Å². The third-order valence-corrected chi connectivity index (χ3v) is 3.10. The van der Waals surface area contributed by atoms with Gasteiger partial charge in [0, 0.05) is 22.2 Å². The summed E-state index contributed by atoms with van der Waals surface area (Å²) in [5.41, 5.74) is 9.84. The number of aromatic nitrogens is 1. The molecule has 3 rings (SSSR count). The van der Waals surface area contributed by atoms with Crippen LogP contribution in [0.2, 0.25) is 0 Å². The minimum atomic E-state index is 0.782. The molecule has 0 spiro atoms. The Hall–Kier alpha value is -2.42. The molecule has 0 radical (unpaired) electrons. The lowest BCUT2D eigenvalue weighted by atomic mass is 10.1. The number of benzene rings is 2. The van der Waals surface area contributed by atoms with E-state index in [9.17, 15) is 0 Å². The van der Waals surface area contributed by atoms with Crippen molar-refractivity contribution in [3.05, 3.63) is 48.5 Å². The number of nitrogens with one attached hydrogen (secondary N) is 1. The number of para-hydroxylation sites is 1. The largest absolute Gasteiger partial charge is 0.496 e. The topological polar surface area (TPSA) is 51.0 Å². The highest BCUT2D eigenvalue weighted by Crippen LogP contribution is 2.32. The average Bonchev–Trinajstić information content (AvgIpc) is 2.84. The van der Waals surface area contributed by atoms with Gasteiger partial charge in [-0.3, -0.25) is 0 Å². The number of H-pyrrole nitrogens is 1. The quantitative estimate of drug-likeness (QED) is 0.672. The molecule has 0 unspecified atom stereocenters. The number of rotatable bonds is 2. The second-order valence-electron chi connectivity index (χ2n) is 4.19. The van der Waals surface area contributed by atoms with Crippen LogP contribution < -0.4 is 10.5 Å². The number of nitrogens with two attached hydrogens (primary N) is 1. The Balaban J connectivity index is 2.23. The molecule has 3 heteroatoms. The summed E-state index contributed by atoms with van der Waals surface area (Å²) in [4.78, 5) is 3.37. The monoisotopic (exact) mass is 238 g/mol. The lowest BCUT2D eigenvalue weighted by molar-refractivity contribution is 0.416. The summed E-state index contributed by atoms with van der Waals surface area (Å²) >= 11 is 0. The van der Waals surface area contributed by atoms with Crippen molar-refractivity contribution < 1.29 is 4.74 Å². The number of hydrogen-bond acceptors (Lipinski definition) is 2. The fourth-order valence-electron chi connectivity index (χ4n) is 2.19. The fourth-order valence-corrected chi connectivity index (χ4v) is 2.19. The van der Waals surface area contributed by atoms with Gasteiger partial charge in [-0.15, -0.1) is 0 Å². The van der Waals surface area contributed by atoms with Crippen LogP contribution in [0, 0.1) is 0 Å². The van der Waals surface area contributed by atoms with E-state index in [1.165, 1.54) is 0 Å². The number of ether oxygens (including phenoxy) is 1. The maximum absolute atomic E-state index is 5.97. The molecule has 3 aromatic rings. The number of hydrogen-bond donors (Lipinski definition) is 2. The van der Waals surface area contributed by atoms with Gasteiger partial charge >= 0.3 is 0 Å². The van der Waals surface area contributed by atoms with Gasteiger partial charge in [-0.05, 0) is 30.3 Å². The first kappa shape index (κ1) is 10.7. The summed E-state index contributed by atoms with van der Waals surface area (Å²) in [6, 6.07) is 15.9. The van der Waals surface area contributed by atoms with Gasteiger partial charge in [0.15, 0.2) is 0 Å². The van der Waals surface area contributed by atoms with Crippen molar-refractivity contribution in [3.8, 4) is 17.0 Å². The van der Waals surface area contributed by atoms with E-state index in [4.69, 9.17) is 10.5 Å². The molecule has 0 aliphatic carbocycles. The Labute approximate surface area is 105 Å². The molecule has 0 saturated heterocycles. The predicted octanol–water partition coefficient (Wildman–Crippen LogP) is 3.43. The third-order valence-electron chi connectivity index (χ3n) is 3.10. The molecule has 90 valence electrons. The standard InChI is InChI=1S/C15H14N2O/c1-18-15-8-3-2-5-10(15)14-9-11-12(16)6-4-7-13(11)17-14/h2-9,17H,16H2,1H3. The van der Waals surface area contributed by atoms with Gasteiger partial charge in [-0.25, -0.2) is 0 Å². The number of aromatic amines is 1. The minimum Gasteiger partial charge on any atom is -0.496 e. The molecule has 3 nitrogen and oxygen atoms in total. The van der Waals surface area contributed by atoms with Crippen LogP contribution in [-0.4, -0.2) is 12.1 Å². The van der Waals surface area contributed by atoms with Crippen molar-refractivity contribution in [2.75, 3.05) is 12.8 Å². The maximum atomic E-state index is 5.97. The van der Waals surface area contributed by atoms with E-state index < -0.39 is 0 Å². The average molecular weight is 238 g/mol. The molecule has 1 heterocycles. The van der Waals surface area contributed by atoms with Crippen LogP contribution >= 0.6 is 0 Å². The van der Waals surface area contributed by atoms with Crippen molar-refractivity contribution in [2.45, 2.75) is 0 Å². The maximum Gasteiger partial charge on any atom is 0.128 e. The first-order valence-corrected chi connectivity index (χ1v) is 5.80. The SMILES string of the molecule is COc1ccccc1-c1cc2c(N)cccc2[nH]1. The summed E-state index contributed by atoms with van der Waals surface area (Å²) in [6.45, 7) is 0. The predicted molar refractivity (Wildman–Crippen MR) is 74.7 cm³/mol. The van der Waals surface area contributed by atoms with Crippen molar-refractivity contribution in [1.29, 1.82) is 0 Å². The fraction of sp³-hybridized carbons (Fsp3) is 0.0667. The van der Waals surface area contributed by atoms with Gasteiger partial charge in [0.25, 0.3) is 0 Å². The van der Waals surface area contributed by atoms with Crippen molar-refractivity contribution in [2.24, 2.45) is 0 Å². The Bertz CT molecular complexity index is 701. The van der Waals surface area contributed by atoms with E-state index >= 15 is 0 Å². The molecule has 0 amide bonds. The van der Waals surface area contributed by atoms with E-state index in [-0.39, 0.29) is 0 Å². The van der Waals surface area contributed by atoms with E-state index in [1.54, 1.807) is 7.11 Å². The zero-order chi connectivity index (χ0) is 12.5. The first-order valence-electron chi connectivity index (χ1n) is 5.80. The Morgan fingerprint density at radius 3 is 2.67 bits per heavy atom. The number of nitrogen functional groups attached to an aromatic ring is 1.